The molecule has 0 aromatic rings. The molecule has 0 aromatic carbocycles. The Morgan fingerprint density at radius 3 is 2.47 bits per heavy atom. The maximum absolute atomic E-state index is 9.88. The van der Waals surface area contributed by atoms with Crippen LogP contribution in [0.1, 0.15) is 40.0 Å². The van der Waals surface area contributed by atoms with E-state index in [1.54, 1.807) is 7.11 Å². The molecule has 3 heteroatoms. The molecular formula is C14H29NO2. The highest BCUT2D eigenvalue weighted by molar-refractivity contribution is 4.91. The lowest BCUT2D eigenvalue weighted by Gasteiger charge is -2.46. The lowest BCUT2D eigenvalue weighted by molar-refractivity contribution is -0.00865. The molecule has 0 aliphatic heterocycles. The minimum atomic E-state index is -0.122. The third-order valence-corrected chi connectivity index (χ3v) is 4.12. The van der Waals surface area contributed by atoms with E-state index < -0.39 is 0 Å². The summed E-state index contributed by atoms with van der Waals surface area (Å²) in [5, 5.41) is 9.88. The molecule has 1 rings (SSSR count). The second kappa shape index (κ2) is 6.17. The molecule has 17 heavy (non-hydrogen) atoms. The number of nitrogens with zero attached hydrogens (tertiary/aromatic N) is 1. The minimum absolute atomic E-state index is 0.122. The Hall–Kier alpha value is -0.120. The van der Waals surface area contributed by atoms with E-state index in [4.69, 9.17) is 4.74 Å². The maximum atomic E-state index is 9.88. The maximum Gasteiger partial charge on any atom is 0.0589 e. The van der Waals surface area contributed by atoms with Crippen LogP contribution >= 0.6 is 0 Å². The van der Waals surface area contributed by atoms with Crippen LogP contribution in [-0.4, -0.2) is 49.5 Å². The Balaban J connectivity index is 2.67. The van der Waals surface area contributed by atoms with Crippen molar-refractivity contribution < 1.29 is 9.84 Å². The fourth-order valence-corrected chi connectivity index (χ4v) is 3.02. The van der Waals surface area contributed by atoms with Crippen LogP contribution in [0.25, 0.3) is 0 Å². The molecule has 0 heterocycles. The number of hydrogen-bond donors (Lipinski definition) is 1. The predicted octanol–water partition coefficient (Wildman–Crippen LogP) is 2.14. The number of hydrogen-bond acceptors (Lipinski definition) is 3. The first kappa shape index (κ1) is 14.9. The molecule has 0 saturated heterocycles. The highest BCUT2D eigenvalue weighted by Gasteiger charge is 2.38. The molecule has 0 radical (unpaired) electrons. The van der Waals surface area contributed by atoms with Crippen molar-refractivity contribution in [3.8, 4) is 0 Å². The van der Waals surface area contributed by atoms with Crippen molar-refractivity contribution in [2.24, 2.45) is 11.3 Å². The van der Waals surface area contributed by atoms with Gasteiger partial charge in [0.25, 0.3) is 0 Å². The van der Waals surface area contributed by atoms with E-state index in [0.29, 0.717) is 17.4 Å². The van der Waals surface area contributed by atoms with E-state index >= 15 is 0 Å². The third-order valence-electron chi connectivity index (χ3n) is 4.12. The molecule has 3 unspecified atom stereocenters. The molecule has 1 N–H and O–H groups in total. The summed E-state index contributed by atoms with van der Waals surface area (Å²) in [4.78, 5) is 2.36. The first-order chi connectivity index (χ1) is 7.86. The Bertz CT molecular complexity index is 225. The molecule has 1 fully saturated rings. The number of rotatable bonds is 4. The molecule has 1 saturated carbocycles. The van der Waals surface area contributed by atoms with Gasteiger partial charge in [0, 0.05) is 19.7 Å². The normalized spacial score (nSPS) is 30.9. The SMILES string of the molecule is COCCN(C)C1CC(O)CCC1C(C)(C)C. The van der Waals surface area contributed by atoms with Crippen molar-refractivity contribution in [3.05, 3.63) is 0 Å². The van der Waals surface area contributed by atoms with Crippen LogP contribution in [0.15, 0.2) is 0 Å². The number of aliphatic hydroxyl groups excluding tert-OH is 1. The van der Waals surface area contributed by atoms with Gasteiger partial charge in [0.2, 0.25) is 0 Å². The minimum Gasteiger partial charge on any atom is -0.393 e. The van der Waals surface area contributed by atoms with E-state index in [1.807, 2.05) is 0 Å². The van der Waals surface area contributed by atoms with Crippen LogP contribution in [0.5, 0.6) is 0 Å². The van der Waals surface area contributed by atoms with Crippen LogP contribution in [0.3, 0.4) is 0 Å². The topological polar surface area (TPSA) is 32.7 Å². The molecule has 1 aliphatic carbocycles. The van der Waals surface area contributed by atoms with E-state index in [2.05, 4.69) is 32.7 Å². The Labute approximate surface area is 106 Å². The largest absolute Gasteiger partial charge is 0.393 e. The van der Waals surface area contributed by atoms with E-state index in [0.717, 1.165) is 32.4 Å². The lowest BCUT2D eigenvalue weighted by Crippen LogP contribution is -2.49. The first-order valence-electron chi connectivity index (χ1n) is 6.73. The molecule has 102 valence electrons. The predicted molar refractivity (Wildman–Crippen MR) is 71.1 cm³/mol. The van der Waals surface area contributed by atoms with Crippen LogP contribution in [0.2, 0.25) is 0 Å². The number of aliphatic hydroxyl groups is 1. The van der Waals surface area contributed by atoms with Gasteiger partial charge < -0.3 is 14.7 Å². The van der Waals surface area contributed by atoms with Gasteiger partial charge in [-0.15, -0.1) is 0 Å². The second-order valence-electron chi connectivity index (χ2n) is 6.48. The summed E-state index contributed by atoms with van der Waals surface area (Å²) in [6, 6.07) is 0.480. The number of likely N-dealkylation sites (N-methyl/N-ethyl adjacent to an activating group) is 1. The molecule has 0 aromatic heterocycles. The summed E-state index contributed by atoms with van der Waals surface area (Å²) in [5.41, 5.74) is 0.312. The van der Waals surface area contributed by atoms with Crippen molar-refractivity contribution in [1.29, 1.82) is 0 Å². The smallest absolute Gasteiger partial charge is 0.0589 e. The van der Waals surface area contributed by atoms with Crippen LogP contribution < -0.4 is 0 Å². The van der Waals surface area contributed by atoms with Gasteiger partial charge in [0.05, 0.1) is 12.7 Å². The van der Waals surface area contributed by atoms with Gasteiger partial charge in [-0.1, -0.05) is 20.8 Å². The van der Waals surface area contributed by atoms with E-state index in [1.165, 1.54) is 0 Å². The van der Waals surface area contributed by atoms with Crippen LogP contribution in [0.4, 0.5) is 0 Å². The summed E-state index contributed by atoms with van der Waals surface area (Å²) in [5.74, 6) is 0.660. The van der Waals surface area contributed by atoms with Crippen molar-refractivity contribution in [2.45, 2.75) is 52.2 Å². The molecule has 0 spiro atoms. The molecule has 3 atom stereocenters. The zero-order valence-electron chi connectivity index (χ0n) is 12.1. The Morgan fingerprint density at radius 2 is 1.94 bits per heavy atom. The average molecular weight is 243 g/mol. The van der Waals surface area contributed by atoms with Gasteiger partial charge >= 0.3 is 0 Å². The monoisotopic (exact) mass is 243 g/mol. The quantitative estimate of drug-likeness (QED) is 0.821. The number of methoxy groups -OCH3 is 1. The second-order valence-corrected chi connectivity index (χ2v) is 6.48. The zero-order chi connectivity index (χ0) is 13.1. The van der Waals surface area contributed by atoms with Gasteiger partial charge in [-0.25, -0.2) is 0 Å². The van der Waals surface area contributed by atoms with Crippen molar-refractivity contribution in [2.75, 3.05) is 27.3 Å². The Kier molecular flexibility index (Phi) is 5.42. The lowest BCUT2D eigenvalue weighted by atomic mass is 9.68. The summed E-state index contributed by atoms with van der Waals surface area (Å²) in [7, 11) is 3.89. The summed E-state index contributed by atoms with van der Waals surface area (Å²) >= 11 is 0. The molecule has 1 aliphatic rings. The third kappa shape index (κ3) is 4.23. The van der Waals surface area contributed by atoms with Crippen LogP contribution in [0, 0.1) is 11.3 Å². The first-order valence-corrected chi connectivity index (χ1v) is 6.73. The molecule has 0 amide bonds. The molecule has 0 bridgehead atoms. The van der Waals surface area contributed by atoms with Gasteiger partial charge in [-0.2, -0.15) is 0 Å². The van der Waals surface area contributed by atoms with Gasteiger partial charge in [-0.3, -0.25) is 0 Å². The fourth-order valence-electron chi connectivity index (χ4n) is 3.02. The number of ether oxygens (including phenoxy) is 1. The van der Waals surface area contributed by atoms with Crippen molar-refractivity contribution in [1.82, 2.24) is 4.90 Å². The van der Waals surface area contributed by atoms with Gasteiger partial charge in [0.15, 0.2) is 0 Å². The molecular weight excluding hydrogens is 214 g/mol. The molecule has 3 nitrogen and oxygen atoms in total. The van der Waals surface area contributed by atoms with Crippen molar-refractivity contribution in [3.63, 3.8) is 0 Å². The van der Waals surface area contributed by atoms with E-state index in [-0.39, 0.29) is 6.10 Å². The highest BCUT2D eigenvalue weighted by Crippen LogP contribution is 2.40. The van der Waals surface area contributed by atoms with Gasteiger partial charge in [-0.05, 0) is 37.6 Å². The van der Waals surface area contributed by atoms with Crippen LogP contribution in [-0.2, 0) is 4.74 Å². The fraction of sp³-hybridized carbons (Fsp3) is 1.00. The van der Waals surface area contributed by atoms with Crippen molar-refractivity contribution >= 4 is 0 Å². The highest BCUT2D eigenvalue weighted by atomic mass is 16.5. The summed E-state index contributed by atoms with van der Waals surface area (Å²) in [6.45, 7) is 8.64. The summed E-state index contributed by atoms with van der Waals surface area (Å²) < 4.78 is 5.15. The van der Waals surface area contributed by atoms with E-state index in [9.17, 15) is 5.11 Å². The standard InChI is InChI=1S/C14H29NO2/c1-14(2,3)12-7-6-11(16)10-13(12)15(4)8-9-17-5/h11-13,16H,6-10H2,1-5H3. The Morgan fingerprint density at radius 1 is 1.29 bits per heavy atom. The zero-order valence-corrected chi connectivity index (χ0v) is 12.1. The van der Waals surface area contributed by atoms with Gasteiger partial charge in [0.1, 0.15) is 0 Å². The average Bonchev–Trinajstić information content (AvgIpc) is 2.24. The summed E-state index contributed by atoms with van der Waals surface area (Å²) in [6.07, 6.45) is 2.87.